The Morgan fingerprint density at radius 2 is 1.13 bits per heavy atom. The van der Waals surface area contributed by atoms with Crippen LogP contribution >= 0.6 is 0 Å². The molecule has 184 valence electrons. The van der Waals surface area contributed by atoms with Gasteiger partial charge in [0.25, 0.3) is 0 Å². The molecule has 0 bridgehead atoms. The predicted octanol–water partition coefficient (Wildman–Crippen LogP) is 7.11. The second-order valence-electron chi connectivity index (χ2n) is 10.6. The molecule has 0 radical (unpaired) electrons. The molecule has 1 amide bonds. The van der Waals surface area contributed by atoms with Crippen molar-refractivity contribution in [1.82, 2.24) is 0 Å². The summed E-state index contributed by atoms with van der Waals surface area (Å²) in [4.78, 5) is 23.3. The van der Waals surface area contributed by atoms with Gasteiger partial charge in [-0.1, -0.05) is 80.1 Å². The summed E-state index contributed by atoms with van der Waals surface area (Å²) >= 11 is 0. The third kappa shape index (κ3) is 18.1. The van der Waals surface area contributed by atoms with E-state index < -0.39 is 12.0 Å². The molecule has 0 saturated heterocycles. The normalized spacial score (nSPS) is 15.5. The van der Waals surface area contributed by atoms with E-state index in [9.17, 15) is 9.59 Å². The number of ether oxygens (including phenoxy) is 2. The second kappa shape index (κ2) is 17.3. The first kappa shape index (κ1) is 29.7. The van der Waals surface area contributed by atoms with Gasteiger partial charge in [0, 0.05) is 0 Å². The lowest BCUT2D eigenvalue weighted by atomic mass is 9.91. The Labute approximate surface area is 192 Å². The van der Waals surface area contributed by atoms with Crippen LogP contribution in [0.2, 0.25) is 0 Å². The van der Waals surface area contributed by atoms with Crippen LogP contribution in [0, 0.1) is 29.6 Å². The van der Waals surface area contributed by atoms with E-state index in [1.54, 1.807) is 6.92 Å². The lowest BCUT2D eigenvalue weighted by Gasteiger charge is -2.23. The minimum Gasteiger partial charge on any atom is -0.462 e. The number of esters is 1. The summed E-state index contributed by atoms with van der Waals surface area (Å²) in [6, 6.07) is 0. The average molecular weight is 442 g/mol. The van der Waals surface area contributed by atoms with Gasteiger partial charge in [0.15, 0.2) is 0 Å². The quantitative estimate of drug-likeness (QED) is 0.230. The Balaban J connectivity index is 4.61. The Kier molecular flexibility index (Phi) is 16.6. The first-order valence-electron chi connectivity index (χ1n) is 12.6. The molecule has 31 heavy (non-hydrogen) atoms. The Hall–Kier alpha value is -1.26. The van der Waals surface area contributed by atoms with E-state index in [1.165, 1.54) is 38.5 Å². The van der Waals surface area contributed by atoms with Crippen molar-refractivity contribution in [3.8, 4) is 0 Å². The zero-order valence-corrected chi connectivity index (χ0v) is 21.5. The Bertz CT molecular complexity index is 454. The molecule has 0 aliphatic rings. The van der Waals surface area contributed by atoms with Crippen molar-refractivity contribution < 1.29 is 19.1 Å². The number of nitrogens with two attached hydrogens (primary N) is 1. The Morgan fingerprint density at radius 1 is 0.677 bits per heavy atom. The van der Waals surface area contributed by atoms with Gasteiger partial charge in [0.1, 0.15) is 12.7 Å². The fraction of sp³-hybridized carbons (Fsp3) is 0.923. The zero-order chi connectivity index (χ0) is 23.8. The van der Waals surface area contributed by atoms with Crippen LogP contribution in [-0.2, 0) is 14.3 Å². The summed E-state index contributed by atoms with van der Waals surface area (Å²) < 4.78 is 10.6. The fourth-order valence-electron chi connectivity index (χ4n) is 3.80. The van der Waals surface area contributed by atoms with Gasteiger partial charge in [-0.15, -0.1) is 0 Å². The van der Waals surface area contributed by atoms with E-state index in [-0.39, 0.29) is 18.7 Å². The van der Waals surface area contributed by atoms with Crippen molar-refractivity contribution in [1.29, 1.82) is 0 Å². The van der Waals surface area contributed by atoms with Crippen molar-refractivity contribution in [2.75, 3.05) is 6.61 Å². The molecule has 0 aromatic carbocycles. The number of hydrogen-bond donors (Lipinski definition) is 1. The summed E-state index contributed by atoms with van der Waals surface area (Å²) in [6.45, 7) is 15.4. The van der Waals surface area contributed by atoms with Gasteiger partial charge < -0.3 is 15.2 Å². The van der Waals surface area contributed by atoms with Crippen LogP contribution in [0.1, 0.15) is 113 Å². The molecule has 0 saturated carbocycles. The standard InChI is InChI=1S/C26H51NO4/c1-19(2)10-8-12-21(5)14-16-24(17-15-22(6)13-9-11-20(3)4)31-25(28)23(7)18-30-26(27)29/h19-24H,8-18H2,1-7H3,(H2,27,29). The molecule has 0 aliphatic heterocycles. The molecule has 0 spiro atoms. The highest BCUT2D eigenvalue weighted by molar-refractivity contribution is 5.73. The largest absolute Gasteiger partial charge is 0.462 e. The minimum atomic E-state index is -0.860. The molecular formula is C26H51NO4. The van der Waals surface area contributed by atoms with Crippen molar-refractivity contribution >= 4 is 12.1 Å². The van der Waals surface area contributed by atoms with E-state index in [0.29, 0.717) is 11.8 Å². The highest BCUT2D eigenvalue weighted by atomic mass is 16.6. The molecule has 0 fully saturated rings. The molecular weight excluding hydrogens is 390 g/mol. The van der Waals surface area contributed by atoms with Crippen molar-refractivity contribution in [2.45, 2.75) is 119 Å². The van der Waals surface area contributed by atoms with Gasteiger partial charge in [0.05, 0.1) is 5.92 Å². The summed E-state index contributed by atoms with van der Waals surface area (Å²) in [5.41, 5.74) is 5.01. The number of hydrogen-bond acceptors (Lipinski definition) is 4. The number of amides is 1. The van der Waals surface area contributed by atoms with Crippen LogP contribution in [0.25, 0.3) is 0 Å². The van der Waals surface area contributed by atoms with Gasteiger partial charge in [-0.25, -0.2) is 4.79 Å². The van der Waals surface area contributed by atoms with Crippen LogP contribution in [-0.4, -0.2) is 24.8 Å². The average Bonchev–Trinajstić information content (AvgIpc) is 2.67. The number of primary amides is 1. The molecule has 3 atom stereocenters. The number of carbonyl (C=O) groups excluding carboxylic acids is 2. The minimum absolute atomic E-state index is 0.0297. The molecule has 3 unspecified atom stereocenters. The highest BCUT2D eigenvalue weighted by Crippen LogP contribution is 2.24. The van der Waals surface area contributed by atoms with Crippen LogP contribution in [0.4, 0.5) is 4.79 Å². The zero-order valence-electron chi connectivity index (χ0n) is 21.5. The van der Waals surface area contributed by atoms with E-state index in [2.05, 4.69) is 41.5 Å². The van der Waals surface area contributed by atoms with Gasteiger partial charge in [-0.3, -0.25) is 4.79 Å². The van der Waals surface area contributed by atoms with Crippen molar-refractivity contribution in [3.05, 3.63) is 0 Å². The summed E-state index contributed by atoms with van der Waals surface area (Å²) in [6.07, 6.45) is 10.5. The maximum atomic E-state index is 12.5. The lowest BCUT2D eigenvalue weighted by Crippen LogP contribution is -2.28. The molecule has 0 rings (SSSR count). The predicted molar refractivity (Wildman–Crippen MR) is 129 cm³/mol. The van der Waals surface area contributed by atoms with Gasteiger partial charge >= 0.3 is 12.1 Å². The molecule has 2 N–H and O–H groups in total. The fourth-order valence-corrected chi connectivity index (χ4v) is 3.80. The Morgan fingerprint density at radius 3 is 1.52 bits per heavy atom. The SMILES string of the molecule is CC(C)CCCC(C)CCC(CCC(C)CCCC(C)C)OC(=O)C(C)COC(N)=O. The van der Waals surface area contributed by atoms with Gasteiger partial charge in [0.2, 0.25) is 0 Å². The first-order valence-corrected chi connectivity index (χ1v) is 12.6. The summed E-state index contributed by atoms with van der Waals surface area (Å²) in [5.74, 6) is 1.98. The summed E-state index contributed by atoms with van der Waals surface area (Å²) in [5, 5.41) is 0. The maximum absolute atomic E-state index is 12.5. The lowest BCUT2D eigenvalue weighted by molar-refractivity contribution is -0.155. The van der Waals surface area contributed by atoms with E-state index in [4.69, 9.17) is 15.2 Å². The smallest absolute Gasteiger partial charge is 0.404 e. The van der Waals surface area contributed by atoms with E-state index in [1.807, 2.05) is 0 Å². The van der Waals surface area contributed by atoms with E-state index >= 15 is 0 Å². The maximum Gasteiger partial charge on any atom is 0.404 e. The van der Waals surface area contributed by atoms with Crippen LogP contribution < -0.4 is 5.73 Å². The monoisotopic (exact) mass is 441 g/mol. The molecule has 0 aliphatic carbocycles. The second-order valence-corrected chi connectivity index (χ2v) is 10.6. The van der Waals surface area contributed by atoms with Crippen molar-refractivity contribution in [3.63, 3.8) is 0 Å². The molecule has 5 heteroatoms. The third-order valence-corrected chi connectivity index (χ3v) is 6.08. The number of rotatable bonds is 18. The van der Waals surface area contributed by atoms with Crippen LogP contribution in [0.5, 0.6) is 0 Å². The molecule has 0 heterocycles. The van der Waals surface area contributed by atoms with Crippen LogP contribution in [0.15, 0.2) is 0 Å². The third-order valence-electron chi connectivity index (χ3n) is 6.08. The summed E-state index contributed by atoms with van der Waals surface area (Å²) in [7, 11) is 0. The molecule has 0 aromatic heterocycles. The van der Waals surface area contributed by atoms with Crippen LogP contribution in [0.3, 0.4) is 0 Å². The van der Waals surface area contributed by atoms with Gasteiger partial charge in [-0.2, -0.15) is 0 Å². The topological polar surface area (TPSA) is 78.6 Å². The highest BCUT2D eigenvalue weighted by Gasteiger charge is 2.22. The van der Waals surface area contributed by atoms with Gasteiger partial charge in [-0.05, 0) is 56.3 Å². The van der Waals surface area contributed by atoms with Crippen molar-refractivity contribution in [2.24, 2.45) is 35.3 Å². The number of carbonyl (C=O) groups is 2. The molecule has 0 aromatic rings. The van der Waals surface area contributed by atoms with E-state index in [0.717, 1.165) is 37.5 Å². The molecule has 5 nitrogen and oxygen atoms in total. The first-order chi connectivity index (χ1) is 14.5.